The molecule has 1 saturated heterocycles. The van der Waals surface area contributed by atoms with Crippen molar-refractivity contribution in [1.82, 2.24) is 15.5 Å². The van der Waals surface area contributed by atoms with Crippen molar-refractivity contribution < 1.29 is 14.2 Å². The molecule has 2 rings (SSSR count). The molecule has 1 aliphatic rings. The monoisotopic (exact) mass is 412 g/mol. The molecule has 0 radical (unpaired) electrons. The third-order valence-corrected chi connectivity index (χ3v) is 4.86. The Morgan fingerprint density at radius 3 is 2.68 bits per heavy atom. The van der Waals surface area contributed by atoms with E-state index < -0.39 is 0 Å². The van der Waals surface area contributed by atoms with Gasteiger partial charge in [-0.15, -0.1) is 0 Å². The Morgan fingerprint density at radius 2 is 2.04 bits per heavy atom. The molecule has 28 heavy (non-hydrogen) atoms. The number of hydrogen-bond donors (Lipinski definition) is 2. The fourth-order valence-corrected chi connectivity index (χ4v) is 3.34. The molecule has 1 aromatic rings. The summed E-state index contributed by atoms with van der Waals surface area (Å²) in [5.74, 6) is 1.98. The number of halogens is 1. The van der Waals surface area contributed by atoms with Gasteiger partial charge in [-0.2, -0.15) is 0 Å². The van der Waals surface area contributed by atoms with E-state index >= 15 is 0 Å². The van der Waals surface area contributed by atoms with Crippen molar-refractivity contribution in [2.24, 2.45) is 4.99 Å². The molecule has 2 N–H and O–H groups in total. The van der Waals surface area contributed by atoms with Crippen molar-refractivity contribution in [3.8, 4) is 11.5 Å². The molecule has 1 unspecified atom stereocenters. The standard InChI is InChI=1S/C20H33ClN4O3/c1-5-22-20(23-13-15(3)25-7-9-27-10-8-25)24-14-16-11-17(21)19(28-6-2)18(12-16)26-4/h11-12,15H,5-10,13-14H2,1-4H3,(H2,22,23,24). The van der Waals surface area contributed by atoms with Crippen LogP contribution in [0.3, 0.4) is 0 Å². The average Bonchev–Trinajstić information content (AvgIpc) is 2.72. The van der Waals surface area contributed by atoms with E-state index in [2.05, 4.69) is 34.4 Å². The second-order valence-corrected chi connectivity index (χ2v) is 7.02. The van der Waals surface area contributed by atoms with Crippen molar-refractivity contribution >= 4 is 17.6 Å². The number of hydrogen-bond acceptors (Lipinski definition) is 5. The van der Waals surface area contributed by atoms with Crippen LogP contribution < -0.4 is 20.1 Å². The van der Waals surface area contributed by atoms with Crippen molar-refractivity contribution in [1.29, 1.82) is 0 Å². The van der Waals surface area contributed by atoms with Gasteiger partial charge in [0, 0.05) is 32.2 Å². The Labute approximate surface area is 173 Å². The van der Waals surface area contributed by atoms with Crippen LogP contribution in [0.4, 0.5) is 0 Å². The zero-order valence-electron chi connectivity index (χ0n) is 17.4. The predicted molar refractivity (Wildman–Crippen MR) is 114 cm³/mol. The van der Waals surface area contributed by atoms with Gasteiger partial charge in [0.05, 0.1) is 38.5 Å². The Kier molecular flexibility index (Phi) is 9.67. The maximum absolute atomic E-state index is 6.36. The second kappa shape index (κ2) is 12.0. The van der Waals surface area contributed by atoms with Crippen LogP contribution in [0.5, 0.6) is 11.5 Å². The van der Waals surface area contributed by atoms with Gasteiger partial charge in [-0.05, 0) is 38.5 Å². The highest BCUT2D eigenvalue weighted by atomic mass is 35.5. The number of methoxy groups -OCH3 is 1. The number of rotatable bonds is 9. The molecule has 1 atom stereocenters. The smallest absolute Gasteiger partial charge is 0.191 e. The first-order valence-electron chi connectivity index (χ1n) is 9.92. The van der Waals surface area contributed by atoms with E-state index in [-0.39, 0.29) is 0 Å². The molecule has 1 fully saturated rings. The van der Waals surface area contributed by atoms with Crippen molar-refractivity contribution in [2.75, 3.05) is 53.1 Å². The normalized spacial score (nSPS) is 16.5. The lowest BCUT2D eigenvalue weighted by molar-refractivity contribution is 0.0211. The highest BCUT2D eigenvalue weighted by molar-refractivity contribution is 6.32. The molecule has 1 heterocycles. The van der Waals surface area contributed by atoms with Gasteiger partial charge in [0.15, 0.2) is 17.5 Å². The minimum atomic E-state index is 0.410. The van der Waals surface area contributed by atoms with Crippen LogP contribution in [-0.2, 0) is 11.3 Å². The molecule has 0 amide bonds. The molecule has 0 aliphatic carbocycles. The number of morpholine rings is 1. The lowest BCUT2D eigenvalue weighted by Gasteiger charge is -2.32. The largest absolute Gasteiger partial charge is 0.493 e. The van der Waals surface area contributed by atoms with Gasteiger partial charge >= 0.3 is 0 Å². The summed E-state index contributed by atoms with van der Waals surface area (Å²) in [5.41, 5.74) is 0.962. The second-order valence-electron chi connectivity index (χ2n) is 6.62. The van der Waals surface area contributed by atoms with Gasteiger partial charge < -0.3 is 24.8 Å². The molecule has 1 aliphatic heterocycles. The number of benzene rings is 1. The van der Waals surface area contributed by atoms with Crippen LogP contribution in [0.1, 0.15) is 26.3 Å². The van der Waals surface area contributed by atoms with Crippen molar-refractivity contribution in [3.63, 3.8) is 0 Å². The fourth-order valence-electron chi connectivity index (χ4n) is 3.05. The topological polar surface area (TPSA) is 67.4 Å². The number of ether oxygens (including phenoxy) is 3. The van der Waals surface area contributed by atoms with E-state index in [1.807, 2.05) is 19.1 Å². The lowest BCUT2D eigenvalue weighted by Crippen LogP contribution is -2.49. The number of nitrogens with zero attached hydrogens (tertiary/aromatic N) is 2. The van der Waals surface area contributed by atoms with E-state index in [0.717, 1.165) is 50.9 Å². The van der Waals surface area contributed by atoms with Gasteiger partial charge in [-0.3, -0.25) is 4.90 Å². The highest BCUT2D eigenvalue weighted by Gasteiger charge is 2.17. The van der Waals surface area contributed by atoms with E-state index in [1.54, 1.807) is 7.11 Å². The quantitative estimate of drug-likeness (QED) is 0.480. The minimum Gasteiger partial charge on any atom is -0.493 e. The van der Waals surface area contributed by atoms with Gasteiger partial charge in [0.2, 0.25) is 0 Å². The van der Waals surface area contributed by atoms with Crippen LogP contribution in [-0.4, -0.2) is 70.0 Å². The van der Waals surface area contributed by atoms with Crippen LogP contribution in [0.15, 0.2) is 17.1 Å². The molecule has 158 valence electrons. The Morgan fingerprint density at radius 1 is 1.29 bits per heavy atom. The predicted octanol–water partition coefficient (Wildman–Crippen LogP) is 2.52. The fraction of sp³-hybridized carbons (Fsp3) is 0.650. The summed E-state index contributed by atoms with van der Waals surface area (Å²) in [7, 11) is 1.61. The molecular weight excluding hydrogens is 380 g/mol. The summed E-state index contributed by atoms with van der Waals surface area (Å²) in [6, 6.07) is 4.20. The van der Waals surface area contributed by atoms with Gasteiger partial charge in [-0.25, -0.2) is 4.99 Å². The summed E-state index contributed by atoms with van der Waals surface area (Å²) in [4.78, 5) is 7.12. The zero-order valence-corrected chi connectivity index (χ0v) is 18.1. The van der Waals surface area contributed by atoms with Crippen molar-refractivity contribution in [3.05, 3.63) is 22.7 Å². The first-order valence-corrected chi connectivity index (χ1v) is 10.3. The molecule has 8 heteroatoms. The summed E-state index contributed by atoms with van der Waals surface area (Å²) < 4.78 is 16.4. The third kappa shape index (κ3) is 6.72. The molecule has 0 aromatic heterocycles. The SMILES string of the molecule is CCNC(=NCc1cc(Cl)c(OCC)c(OC)c1)NCC(C)N1CCOCC1. The number of nitrogens with one attached hydrogen (secondary N) is 2. The average molecular weight is 413 g/mol. The summed E-state index contributed by atoms with van der Waals surface area (Å²) >= 11 is 6.36. The van der Waals surface area contributed by atoms with Crippen LogP contribution in [0, 0.1) is 0 Å². The Balaban J connectivity index is 2.00. The third-order valence-electron chi connectivity index (χ3n) is 4.58. The summed E-state index contributed by atoms with van der Waals surface area (Å²) in [6.07, 6.45) is 0. The Bertz CT molecular complexity index is 636. The van der Waals surface area contributed by atoms with Crippen LogP contribution in [0.2, 0.25) is 5.02 Å². The molecule has 0 spiro atoms. The van der Waals surface area contributed by atoms with E-state index in [1.165, 1.54) is 0 Å². The number of aliphatic imine (C=N–C) groups is 1. The zero-order chi connectivity index (χ0) is 20.4. The maximum atomic E-state index is 6.36. The number of guanidine groups is 1. The molecule has 0 bridgehead atoms. The first-order chi connectivity index (χ1) is 13.6. The molecule has 7 nitrogen and oxygen atoms in total. The van der Waals surface area contributed by atoms with Gasteiger partial charge in [-0.1, -0.05) is 11.6 Å². The molecule has 1 aromatic carbocycles. The van der Waals surface area contributed by atoms with Gasteiger partial charge in [0.25, 0.3) is 0 Å². The van der Waals surface area contributed by atoms with Gasteiger partial charge in [0.1, 0.15) is 0 Å². The van der Waals surface area contributed by atoms with E-state index in [0.29, 0.717) is 35.7 Å². The first kappa shape index (κ1) is 22.6. The molecule has 0 saturated carbocycles. The van der Waals surface area contributed by atoms with Crippen molar-refractivity contribution in [2.45, 2.75) is 33.4 Å². The summed E-state index contributed by atoms with van der Waals surface area (Å²) in [6.45, 7) is 12.4. The molecular formula is C20H33ClN4O3. The maximum Gasteiger partial charge on any atom is 0.191 e. The lowest BCUT2D eigenvalue weighted by atomic mass is 10.2. The van der Waals surface area contributed by atoms with E-state index in [9.17, 15) is 0 Å². The Hall–Kier alpha value is -1.70. The highest BCUT2D eigenvalue weighted by Crippen LogP contribution is 2.36. The van der Waals surface area contributed by atoms with E-state index in [4.69, 9.17) is 25.8 Å². The minimum absolute atomic E-state index is 0.410. The van der Waals surface area contributed by atoms with Crippen LogP contribution >= 0.6 is 11.6 Å². The van der Waals surface area contributed by atoms with Crippen LogP contribution in [0.25, 0.3) is 0 Å². The summed E-state index contributed by atoms with van der Waals surface area (Å²) in [5, 5.41) is 7.26.